The van der Waals surface area contributed by atoms with Crippen LogP contribution in [0, 0.1) is 6.92 Å². The maximum Gasteiger partial charge on any atom is 0.345 e. The number of rotatable bonds is 4. The van der Waals surface area contributed by atoms with E-state index >= 15 is 0 Å². The van der Waals surface area contributed by atoms with Crippen molar-refractivity contribution in [3.05, 3.63) is 80.6 Å². The number of amides is 1. The fourth-order valence-corrected chi connectivity index (χ4v) is 3.87. The van der Waals surface area contributed by atoms with Gasteiger partial charge in [0.05, 0.1) is 12.1 Å². The third kappa shape index (κ3) is 4.56. The fourth-order valence-electron chi connectivity index (χ4n) is 3.66. The van der Waals surface area contributed by atoms with Gasteiger partial charge < -0.3 is 14.3 Å². The van der Waals surface area contributed by atoms with E-state index in [1.165, 1.54) is 0 Å². The number of hydrogen-bond acceptors (Lipinski definition) is 5. The van der Waals surface area contributed by atoms with E-state index in [1.807, 2.05) is 24.3 Å². The number of carbonyl (C=O) groups excluding carboxylic acids is 1. The second-order valence-electron chi connectivity index (χ2n) is 7.32. The lowest BCUT2D eigenvalue weighted by Gasteiger charge is -2.31. The minimum atomic E-state index is -0.514. The van der Waals surface area contributed by atoms with E-state index < -0.39 is 5.69 Å². The van der Waals surface area contributed by atoms with Gasteiger partial charge in [-0.1, -0.05) is 23.7 Å². The molecule has 3 heterocycles. The molecule has 0 saturated carbocycles. The number of likely N-dealkylation sites (tertiary alicyclic amines) is 1. The molecule has 1 N–H and O–H groups in total. The van der Waals surface area contributed by atoms with Gasteiger partial charge in [-0.3, -0.25) is 4.79 Å². The average molecular weight is 413 g/mol. The molecule has 4 rings (SSSR count). The summed E-state index contributed by atoms with van der Waals surface area (Å²) in [7, 11) is 0. The molecule has 1 aliphatic rings. The average Bonchev–Trinajstić information content (AvgIpc) is 3.15. The van der Waals surface area contributed by atoms with E-state index in [2.05, 4.69) is 15.0 Å². The quantitative estimate of drug-likeness (QED) is 0.709. The molecule has 0 spiro atoms. The zero-order chi connectivity index (χ0) is 20.4. The number of halogens is 1. The van der Waals surface area contributed by atoms with Crippen LogP contribution >= 0.6 is 11.6 Å². The summed E-state index contributed by atoms with van der Waals surface area (Å²) >= 11 is 6.04. The van der Waals surface area contributed by atoms with Gasteiger partial charge in [0.15, 0.2) is 5.89 Å². The lowest BCUT2D eigenvalue weighted by molar-refractivity contribution is 0.0691. The molecule has 7 nitrogen and oxygen atoms in total. The van der Waals surface area contributed by atoms with Gasteiger partial charge in [0.2, 0.25) is 0 Å². The monoisotopic (exact) mass is 412 g/mol. The third-order valence-corrected chi connectivity index (χ3v) is 5.23. The number of piperidine rings is 1. The maximum absolute atomic E-state index is 12.8. The molecule has 1 amide bonds. The smallest absolute Gasteiger partial charge is 0.345 e. The van der Waals surface area contributed by atoms with Gasteiger partial charge in [0, 0.05) is 30.2 Å². The van der Waals surface area contributed by atoms with Gasteiger partial charge in [0.25, 0.3) is 5.91 Å². The van der Waals surface area contributed by atoms with Gasteiger partial charge in [-0.05, 0) is 43.5 Å². The van der Waals surface area contributed by atoms with Crippen LogP contribution in [0.1, 0.15) is 52.2 Å². The number of aromatic nitrogens is 3. The highest BCUT2D eigenvalue weighted by atomic mass is 35.5. The molecule has 150 valence electrons. The molecule has 8 heteroatoms. The van der Waals surface area contributed by atoms with Crippen LogP contribution in [0.25, 0.3) is 0 Å². The van der Waals surface area contributed by atoms with E-state index in [0.29, 0.717) is 36.1 Å². The van der Waals surface area contributed by atoms with Crippen LogP contribution in [-0.2, 0) is 6.42 Å². The summed E-state index contributed by atoms with van der Waals surface area (Å²) in [5.41, 5.74) is 1.32. The highest BCUT2D eigenvalue weighted by molar-refractivity contribution is 6.30. The Balaban J connectivity index is 1.46. The molecule has 1 saturated heterocycles. The predicted molar refractivity (Wildman–Crippen MR) is 108 cm³/mol. The number of H-pyrrole nitrogens is 1. The van der Waals surface area contributed by atoms with Crippen LogP contribution in [-0.4, -0.2) is 38.8 Å². The minimum absolute atomic E-state index is 0.0175. The Morgan fingerprint density at radius 3 is 3.03 bits per heavy atom. The zero-order valence-corrected chi connectivity index (χ0v) is 16.8. The van der Waals surface area contributed by atoms with Crippen LogP contribution in [0.15, 0.2) is 45.7 Å². The second-order valence-corrected chi connectivity index (χ2v) is 7.75. The number of oxazole rings is 1. The highest BCUT2D eigenvalue weighted by Crippen LogP contribution is 2.28. The van der Waals surface area contributed by atoms with Crippen molar-refractivity contribution in [3.63, 3.8) is 0 Å². The predicted octanol–water partition coefficient (Wildman–Crippen LogP) is 3.33. The first-order chi connectivity index (χ1) is 14.0. The Bertz CT molecular complexity index is 1090. The van der Waals surface area contributed by atoms with E-state index in [4.69, 9.17) is 16.0 Å². The molecule has 1 aromatic carbocycles. The molecule has 0 radical (unpaired) electrons. The first kappa shape index (κ1) is 19.4. The van der Waals surface area contributed by atoms with Crippen molar-refractivity contribution in [1.82, 2.24) is 19.9 Å². The normalized spacial score (nSPS) is 16.8. The molecular weight excluding hydrogens is 392 g/mol. The van der Waals surface area contributed by atoms with Crippen molar-refractivity contribution in [2.24, 2.45) is 0 Å². The number of hydrogen-bond donors (Lipinski definition) is 1. The number of aromatic amines is 1. The van der Waals surface area contributed by atoms with Gasteiger partial charge in [-0.25, -0.2) is 9.78 Å². The van der Waals surface area contributed by atoms with Crippen LogP contribution in [0.5, 0.6) is 0 Å². The second kappa shape index (κ2) is 8.21. The summed E-state index contributed by atoms with van der Waals surface area (Å²) in [6, 6.07) is 9.24. The Hall–Kier alpha value is -2.93. The van der Waals surface area contributed by atoms with E-state index in [0.717, 1.165) is 24.2 Å². The molecule has 0 bridgehead atoms. The summed E-state index contributed by atoms with van der Waals surface area (Å²) in [5.74, 6) is 1.17. The van der Waals surface area contributed by atoms with Crippen molar-refractivity contribution in [2.75, 3.05) is 13.1 Å². The van der Waals surface area contributed by atoms with Crippen molar-refractivity contribution >= 4 is 17.5 Å². The largest absolute Gasteiger partial charge is 0.445 e. The molecule has 29 heavy (non-hydrogen) atoms. The van der Waals surface area contributed by atoms with Crippen molar-refractivity contribution < 1.29 is 9.21 Å². The summed E-state index contributed by atoms with van der Waals surface area (Å²) in [6.45, 7) is 2.84. The third-order valence-electron chi connectivity index (χ3n) is 5.00. The standard InChI is InChI=1S/C21H21ClN4O3/c1-13-8-18(25-21(28)24-13)20(27)26-7-3-5-15(12-26)19-23-11-17(29-19)10-14-4-2-6-16(22)9-14/h2,4,6,8-9,11,15H,3,5,7,10,12H2,1H3,(H,24,25,28)/t15-/m1/s1. The molecule has 1 aliphatic heterocycles. The Morgan fingerprint density at radius 2 is 2.24 bits per heavy atom. The van der Waals surface area contributed by atoms with Gasteiger partial charge in [-0.2, -0.15) is 4.98 Å². The Kier molecular flexibility index (Phi) is 5.49. The first-order valence-electron chi connectivity index (χ1n) is 9.54. The van der Waals surface area contributed by atoms with Gasteiger partial charge >= 0.3 is 5.69 Å². The highest BCUT2D eigenvalue weighted by Gasteiger charge is 2.29. The van der Waals surface area contributed by atoms with E-state index in [9.17, 15) is 9.59 Å². The summed E-state index contributed by atoms with van der Waals surface area (Å²) in [6.07, 6.45) is 4.07. The van der Waals surface area contributed by atoms with Crippen LogP contribution in [0.4, 0.5) is 0 Å². The number of nitrogens with one attached hydrogen (secondary N) is 1. The van der Waals surface area contributed by atoms with Gasteiger partial charge in [0.1, 0.15) is 11.5 Å². The Morgan fingerprint density at radius 1 is 1.38 bits per heavy atom. The van der Waals surface area contributed by atoms with Gasteiger partial charge in [-0.15, -0.1) is 0 Å². The van der Waals surface area contributed by atoms with Crippen LogP contribution < -0.4 is 5.69 Å². The number of nitrogens with zero attached hydrogens (tertiary/aromatic N) is 3. The Labute approximate surface area is 172 Å². The lowest BCUT2D eigenvalue weighted by atomic mass is 9.97. The molecule has 3 aromatic rings. The summed E-state index contributed by atoms with van der Waals surface area (Å²) in [5, 5.41) is 0.687. The number of carbonyl (C=O) groups is 1. The molecule has 1 atom stereocenters. The van der Waals surface area contributed by atoms with E-state index in [-0.39, 0.29) is 17.5 Å². The topological polar surface area (TPSA) is 92.1 Å². The molecule has 0 unspecified atom stereocenters. The van der Waals surface area contributed by atoms with Crippen molar-refractivity contribution in [2.45, 2.75) is 32.1 Å². The van der Waals surface area contributed by atoms with Crippen molar-refractivity contribution in [1.29, 1.82) is 0 Å². The lowest BCUT2D eigenvalue weighted by Crippen LogP contribution is -2.40. The molecule has 2 aromatic heterocycles. The van der Waals surface area contributed by atoms with E-state index in [1.54, 1.807) is 24.1 Å². The molecule has 0 aliphatic carbocycles. The SMILES string of the molecule is Cc1cc(C(=O)N2CCC[C@@H](c3ncc(Cc4cccc(Cl)c4)o3)C2)nc(=O)[nH]1. The summed E-state index contributed by atoms with van der Waals surface area (Å²) < 4.78 is 5.98. The molecule has 1 fully saturated rings. The zero-order valence-electron chi connectivity index (χ0n) is 16.0. The number of aryl methyl sites for hydroxylation is 1. The summed E-state index contributed by atoms with van der Waals surface area (Å²) in [4.78, 5) is 36.9. The number of benzene rings is 1. The maximum atomic E-state index is 12.8. The first-order valence-corrected chi connectivity index (χ1v) is 9.92. The minimum Gasteiger partial charge on any atom is -0.445 e. The van der Waals surface area contributed by atoms with Crippen molar-refractivity contribution in [3.8, 4) is 0 Å². The van der Waals surface area contributed by atoms with Crippen LogP contribution in [0.3, 0.4) is 0 Å². The fraction of sp³-hybridized carbons (Fsp3) is 0.333. The van der Waals surface area contributed by atoms with Crippen LogP contribution in [0.2, 0.25) is 5.02 Å². The molecular formula is C21H21ClN4O3.